The Bertz CT molecular complexity index is 400. The Morgan fingerprint density at radius 2 is 2.36 bits per heavy atom. The number of aromatic nitrogens is 1. The topological polar surface area (TPSA) is 38.1 Å². The lowest BCUT2D eigenvalue weighted by Crippen LogP contribution is -1.98. The molecule has 0 radical (unpaired) electrons. The van der Waals surface area contributed by atoms with Crippen molar-refractivity contribution in [1.82, 2.24) is 4.98 Å². The molecule has 0 atom stereocenters. The minimum Gasteiger partial charge on any atom is -0.467 e. The lowest BCUT2D eigenvalue weighted by atomic mass is 10.4. The van der Waals surface area contributed by atoms with Crippen molar-refractivity contribution in [1.29, 1.82) is 0 Å². The van der Waals surface area contributed by atoms with E-state index in [2.05, 4.69) is 10.3 Å². The van der Waals surface area contributed by atoms with Crippen LogP contribution in [0, 0.1) is 0 Å². The smallest absolute Gasteiger partial charge is 0.122 e. The molecular weight excluding hydrogens is 200 g/mol. The third kappa shape index (κ3) is 2.06. The average molecular weight is 209 g/mol. The zero-order valence-corrected chi connectivity index (χ0v) is 8.16. The predicted octanol–water partition coefficient (Wildman–Crippen LogP) is 2.94. The first-order chi connectivity index (χ1) is 6.86. The van der Waals surface area contributed by atoms with Gasteiger partial charge in [0.05, 0.1) is 23.5 Å². The summed E-state index contributed by atoms with van der Waals surface area (Å²) in [5.74, 6) is 0.873. The summed E-state index contributed by atoms with van der Waals surface area (Å²) in [5.41, 5.74) is 0.859. The Morgan fingerprint density at radius 1 is 1.43 bits per heavy atom. The summed E-state index contributed by atoms with van der Waals surface area (Å²) < 4.78 is 5.17. The Morgan fingerprint density at radius 3 is 3.07 bits per heavy atom. The van der Waals surface area contributed by atoms with Crippen molar-refractivity contribution in [2.45, 2.75) is 6.54 Å². The van der Waals surface area contributed by atoms with Crippen molar-refractivity contribution in [3.63, 3.8) is 0 Å². The molecule has 0 aromatic carbocycles. The largest absolute Gasteiger partial charge is 0.467 e. The number of hydrogen-bond acceptors (Lipinski definition) is 3. The van der Waals surface area contributed by atoms with Crippen LogP contribution < -0.4 is 5.32 Å². The first-order valence-corrected chi connectivity index (χ1v) is 4.60. The van der Waals surface area contributed by atoms with Crippen LogP contribution in [-0.4, -0.2) is 4.98 Å². The number of rotatable bonds is 3. The summed E-state index contributed by atoms with van der Waals surface area (Å²) in [6.07, 6.45) is 4.94. The molecule has 1 N–H and O–H groups in total. The molecule has 3 nitrogen and oxygen atoms in total. The first-order valence-electron chi connectivity index (χ1n) is 4.22. The molecule has 2 heterocycles. The highest BCUT2D eigenvalue weighted by Gasteiger charge is 1.99. The van der Waals surface area contributed by atoms with Crippen LogP contribution in [0.4, 0.5) is 5.69 Å². The van der Waals surface area contributed by atoms with Crippen LogP contribution >= 0.6 is 11.6 Å². The zero-order valence-electron chi connectivity index (χ0n) is 7.40. The van der Waals surface area contributed by atoms with E-state index in [1.165, 1.54) is 0 Å². The van der Waals surface area contributed by atoms with Gasteiger partial charge in [-0.05, 0) is 18.2 Å². The SMILES string of the molecule is Clc1cnccc1NCc1ccco1. The van der Waals surface area contributed by atoms with Gasteiger partial charge in [0.15, 0.2) is 0 Å². The lowest BCUT2D eigenvalue weighted by Gasteiger charge is -2.05. The van der Waals surface area contributed by atoms with E-state index in [-0.39, 0.29) is 0 Å². The molecule has 0 bridgehead atoms. The molecule has 0 saturated heterocycles. The highest BCUT2D eigenvalue weighted by atomic mass is 35.5. The second-order valence-corrected chi connectivity index (χ2v) is 3.20. The molecule has 72 valence electrons. The summed E-state index contributed by atoms with van der Waals surface area (Å²) in [7, 11) is 0. The molecule has 0 unspecified atom stereocenters. The van der Waals surface area contributed by atoms with Crippen LogP contribution in [0.3, 0.4) is 0 Å². The number of pyridine rings is 1. The molecule has 0 aliphatic rings. The maximum Gasteiger partial charge on any atom is 0.122 e. The molecule has 0 aliphatic heterocycles. The minimum atomic E-state index is 0.610. The van der Waals surface area contributed by atoms with E-state index < -0.39 is 0 Å². The monoisotopic (exact) mass is 208 g/mol. The fourth-order valence-corrected chi connectivity index (χ4v) is 1.30. The molecule has 0 aliphatic carbocycles. The van der Waals surface area contributed by atoms with Crippen LogP contribution in [0.2, 0.25) is 5.02 Å². The number of furan rings is 1. The van der Waals surface area contributed by atoms with Gasteiger partial charge >= 0.3 is 0 Å². The lowest BCUT2D eigenvalue weighted by molar-refractivity contribution is 0.518. The second kappa shape index (κ2) is 4.15. The van der Waals surface area contributed by atoms with E-state index in [9.17, 15) is 0 Å². The van der Waals surface area contributed by atoms with Gasteiger partial charge in [-0.25, -0.2) is 0 Å². The molecule has 0 saturated carbocycles. The Hall–Kier alpha value is -1.48. The fraction of sp³-hybridized carbons (Fsp3) is 0.100. The molecule has 0 amide bonds. The number of nitrogens with one attached hydrogen (secondary N) is 1. The molecule has 2 aromatic rings. The standard InChI is InChI=1S/C10H9ClN2O/c11-9-7-12-4-3-10(9)13-6-8-2-1-5-14-8/h1-5,7H,6H2,(H,12,13). The van der Waals surface area contributed by atoms with E-state index in [0.29, 0.717) is 11.6 Å². The van der Waals surface area contributed by atoms with Crippen molar-refractivity contribution in [2.75, 3.05) is 5.32 Å². The third-order valence-electron chi connectivity index (χ3n) is 1.81. The number of nitrogens with zero attached hydrogens (tertiary/aromatic N) is 1. The van der Waals surface area contributed by atoms with Crippen LogP contribution in [0.1, 0.15) is 5.76 Å². The molecule has 2 aromatic heterocycles. The van der Waals surface area contributed by atoms with Gasteiger partial charge in [-0.3, -0.25) is 4.98 Å². The molecule has 2 rings (SSSR count). The quantitative estimate of drug-likeness (QED) is 0.843. The third-order valence-corrected chi connectivity index (χ3v) is 2.11. The van der Waals surface area contributed by atoms with Gasteiger partial charge in [-0.15, -0.1) is 0 Å². The Balaban J connectivity index is 2.02. The van der Waals surface area contributed by atoms with Gasteiger partial charge in [0, 0.05) is 12.4 Å². The highest BCUT2D eigenvalue weighted by Crippen LogP contribution is 2.19. The van der Waals surface area contributed by atoms with Crippen molar-refractivity contribution in [3.8, 4) is 0 Å². The van der Waals surface area contributed by atoms with Crippen LogP contribution in [0.15, 0.2) is 41.3 Å². The van der Waals surface area contributed by atoms with Crippen molar-refractivity contribution >= 4 is 17.3 Å². The van der Waals surface area contributed by atoms with E-state index in [4.69, 9.17) is 16.0 Å². The summed E-state index contributed by atoms with van der Waals surface area (Å²) in [4.78, 5) is 3.89. The average Bonchev–Trinajstić information content (AvgIpc) is 2.69. The van der Waals surface area contributed by atoms with Gasteiger partial charge in [0.1, 0.15) is 5.76 Å². The Labute approximate surface area is 86.7 Å². The van der Waals surface area contributed by atoms with Gasteiger partial charge in [0.25, 0.3) is 0 Å². The van der Waals surface area contributed by atoms with Gasteiger partial charge in [0.2, 0.25) is 0 Å². The normalized spacial score (nSPS) is 10.1. The number of anilines is 1. The van der Waals surface area contributed by atoms with E-state index in [1.54, 1.807) is 18.7 Å². The maximum absolute atomic E-state index is 5.91. The number of halogens is 1. The summed E-state index contributed by atoms with van der Waals surface area (Å²) in [6.45, 7) is 0.622. The first kappa shape index (κ1) is 9.09. The van der Waals surface area contributed by atoms with Crippen molar-refractivity contribution in [3.05, 3.63) is 47.6 Å². The van der Waals surface area contributed by atoms with E-state index in [0.717, 1.165) is 11.4 Å². The van der Waals surface area contributed by atoms with Gasteiger partial charge in [-0.1, -0.05) is 11.6 Å². The molecule has 0 fully saturated rings. The van der Waals surface area contributed by atoms with Crippen LogP contribution in [0.5, 0.6) is 0 Å². The molecule has 0 spiro atoms. The van der Waals surface area contributed by atoms with Crippen molar-refractivity contribution < 1.29 is 4.42 Å². The summed E-state index contributed by atoms with van der Waals surface area (Å²) >= 11 is 5.91. The van der Waals surface area contributed by atoms with Gasteiger partial charge in [-0.2, -0.15) is 0 Å². The minimum absolute atomic E-state index is 0.610. The van der Waals surface area contributed by atoms with E-state index >= 15 is 0 Å². The van der Waals surface area contributed by atoms with Gasteiger partial charge < -0.3 is 9.73 Å². The molecule has 4 heteroatoms. The highest BCUT2D eigenvalue weighted by molar-refractivity contribution is 6.33. The van der Waals surface area contributed by atoms with Crippen LogP contribution in [-0.2, 0) is 6.54 Å². The zero-order chi connectivity index (χ0) is 9.80. The number of hydrogen-bond donors (Lipinski definition) is 1. The Kier molecular flexibility index (Phi) is 2.70. The molecule has 14 heavy (non-hydrogen) atoms. The van der Waals surface area contributed by atoms with E-state index in [1.807, 2.05) is 18.2 Å². The maximum atomic E-state index is 5.91. The second-order valence-electron chi connectivity index (χ2n) is 2.79. The molecular formula is C10H9ClN2O. The predicted molar refractivity (Wildman–Crippen MR) is 55.3 cm³/mol. The van der Waals surface area contributed by atoms with Crippen LogP contribution in [0.25, 0.3) is 0 Å². The summed E-state index contributed by atoms with van der Waals surface area (Å²) in [6, 6.07) is 5.58. The van der Waals surface area contributed by atoms with Crippen molar-refractivity contribution in [2.24, 2.45) is 0 Å². The summed E-state index contributed by atoms with van der Waals surface area (Å²) in [5, 5.41) is 3.76. The fourth-order valence-electron chi connectivity index (χ4n) is 1.11.